The number of carbonyl (C=O) groups excluding carboxylic acids is 2. The van der Waals surface area contributed by atoms with Crippen LogP contribution in [0.2, 0.25) is 0 Å². The van der Waals surface area contributed by atoms with Crippen molar-refractivity contribution < 1.29 is 33.1 Å². The molecule has 7 heteroatoms. The van der Waals surface area contributed by atoms with E-state index >= 15 is 0 Å². The number of aliphatic hydroxyl groups is 1. The summed E-state index contributed by atoms with van der Waals surface area (Å²) in [4.78, 5) is 24.0. The number of hydrogen-bond donors (Lipinski definition) is 1. The second-order valence-corrected chi connectivity index (χ2v) is 12.5. The molecule has 0 aromatic rings. The van der Waals surface area contributed by atoms with E-state index < -0.39 is 6.10 Å². The first kappa shape index (κ1) is 36.8. The average molecular weight is 545 g/mol. The van der Waals surface area contributed by atoms with Crippen LogP contribution in [0.5, 0.6) is 0 Å². The molecule has 0 aliphatic heterocycles. The lowest BCUT2D eigenvalue weighted by atomic mass is 10.1. The summed E-state index contributed by atoms with van der Waals surface area (Å²) >= 11 is 0. The van der Waals surface area contributed by atoms with Gasteiger partial charge in [-0.2, -0.15) is 0 Å². The second kappa shape index (κ2) is 22.6. The fourth-order valence-corrected chi connectivity index (χ4v) is 4.79. The zero-order valence-corrected chi connectivity index (χ0v) is 26.1. The number of esters is 2. The van der Waals surface area contributed by atoms with E-state index in [1.54, 1.807) is 0 Å². The van der Waals surface area contributed by atoms with E-state index in [0.717, 1.165) is 25.7 Å². The molecule has 7 nitrogen and oxygen atoms in total. The highest BCUT2D eigenvalue weighted by atomic mass is 16.5. The molecule has 0 spiro atoms. The zero-order chi connectivity index (χ0) is 28.7. The Morgan fingerprint density at radius 3 is 1.24 bits per heavy atom. The first-order valence-corrected chi connectivity index (χ1v) is 15.6. The van der Waals surface area contributed by atoms with E-state index in [0.29, 0.717) is 61.2 Å². The number of unbranched alkanes of at least 4 members (excludes halogenated alkanes) is 12. The minimum Gasteiger partial charge on any atom is -0.460 e. The van der Waals surface area contributed by atoms with E-state index in [1.807, 2.05) is 0 Å². The SMILES string of the molecule is CCCCCCCCCCCC(=O)OCC[N+](C)(C)CC(O)C[N+](C)(C)CCOC(=O)CCCCCCC. The number of quaternary nitrogens is 2. The van der Waals surface area contributed by atoms with Gasteiger partial charge in [0.1, 0.15) is 39.4 Å². The summed E-state index contributed by atoms with van der Waals surface area (Å²) in [7, 11) is 8.21. The molecule has 1 N–H and O–H groups in total. The summed E-state index contributed by atoms with van der Waals surface area (Å²) in [6.45, 7) is 7.67. The normalized spacial score (nSPS) is 12.9. The van der Waals surface area contributed by atoms with Crippen LogP contribution in [-0.2, 0) is 19.1 Å². The maximum atomic E-state index is 12.1. The lowest BCUT2D eigenvalue weighted by molar-refractivity contribution is -0.914. The maximum absolute atomic E-state index is 12.1. The van der Waals surface area contributed by atoms with E-state index in [9.17, 15) is 14.7 Å². The Labute approximate surface area is 235 Å². The average Bonchev–Trinajstić information content (AvgIpc) is 2.81. The number of hydrogen-bond acceptors (Lipinski definition) is 5. The third kappa shape index (κ3) is 23.9. The molecule has 0 rings (SSSR count). The van der Waals surface area contributed by atoms with Crippen molar-refractivity contribution in [1.82, 2.24) is 0 Å². The van der Waals surface area contributed by atoms with Gasteiger partial charge in [-0.3, -0.25) is 9.59 Å². The van der Waals surface area contributed by atoms with Crippen LogP contribution in [0.1, 0.15) is 117 Å². The lowest BCUT2D eigenvalue weighted by Gasteiger charge is -2.35. The minimum absolute atomic E-state index is 0.109. The Hall–Kier alpha value is -1.18. The van der Waals surface area contributed by atoms with Gasteiger partial charge in [-0.15, -0.1) is 0 Å². The third-order valence-corrected chi connectivity index (χ3v) is 7.30. The molecule has 226 valence electrons. The molecule has 0 aromatic carbocycles. The summed E-state index contributed by atoms with van der Waals surface area (Å²) in [5.74, 6) is -0.228. The van der Waals surface area contributed by atoms with Crippen molar-refractivity contribution in [3.63, 3.8) is 0 Å². The van der Waals surface area contributed by atoms with Crippen LogP contribution in [0.25, 0.3) is 0 Å². The van der Waals surface area contributed by atoms with Gasteiger partial charge in [0.25, 0.3) is 0 Å². The fraction of sp³-hybridized carbons (Fsp3) is 0.935. The van der Waals surface area contributed by atoms with Gasteiger partial charge < -0.3 is 23.5 Å². The van der Waals surface area contributed by atoms with Gasteiger partial charge >= 0.3 is 11.9 Å². The Morgan fingerprint density at radius 1 is 0.579 bits per heavy atom. The first-order chi connectivity index (χ1) is 18.0. The highest BCUT2D eigenvalue weighted by molar-refractivity contribution is 5.69. The van der Waals surface area contributed by atoms with Gasteiger partial charge in [-0.05, 0) is 12.8 Å². The van der Waals surface area contributed by atoms with Crippen molar-refractivity contribution in [2.24, 2.45) is 0 Å². The second-order valence-electron chi connectivity index (χ2n) is 12.5. The molecule has 0 bridgehead atoms. The Balaban J connectivity index is 3.97. The van der Waals surface area contributed by atoms with Crippen LogP contribution < -0.4 is 0 Å². The molecule has 0 amide bonds. The molecule has 0 saturated carbocycles. The van der Waals surface area contributed by atoms with Crippen molar-refractivity contribution >= 4 is 11.9 Å². The van der Waals surface area contributed by atoms with E-state index in [-0.39, 0.29) is 11.9 Å². The Kier molecular flexibility index (Phi) is 21.9. The number of carbonyl (C=O) groups is 2. The molecule has 0 heterocycles. The highest BCUT2D eigenvalue weighted by Gasteiger charge is 2.27. The largest absolute Gasteiger partial charge is 0.460 e. The maximum Gasteiger partial charge on any atom is 0.305 e. The smallest absolute Gasteiger partial charge is 0.305 e. The molecule has 0 radical (unpaired) electrons. The molecule has 0 aromatic heterocycles. The summed E-state index contributed by atoms with van der Waals surface area (Å²) < 4.78 is 12.1. The Bertz CT molecular complexity index is 595. The van der Waals surface area contributed by atoms with Gasteiger partial charge in [-0.1, -0.05) is 90.9 Å². The lowest BCUT2D eigenvalue weighted by Crippen LogP contribution is -2.54. The fourth-order valence-electron chi connectivity index (χ4n) is 4.79. The van der Waals surface area contributed by atoms with Crippen molar-refractivity contribution in [3.05, 3.63) is 0 Å². The number of rotatable bonds is 26. The van der Waals surface area contributed by atoms with Crippen LogP contribution in [0.4, 0.5) is 0 Å². The third-order valence-electron chi connectivity index (χ3n) is 7.30. The summed E-state index contributed by atoms with van der Waals surface area (Å²) in [5, 5.41) is 10.7. The molecule has 1 unspecified atom stereocenters. The Morgan fingerprint density at radius 2 is 0.895 bits per heavy atom. The predicted octanol–water partition coefficient (Wildman–Crippen LogP) is 5.87. The molecule has 0 saturated heterocycles. The van der Waals surface area contributed by atoms with Crippen LogP contribution in [0.15, 0.2) is 0 Å². The van der Waals surface area contributed by atoms with Crippen molar-refractivity contribution in [2.45, 2.75) is 123 Å². The molecule has 0 aliphatic rings. The van der Waals surface area contributed by atoms with E-state index in [2.05, 4.69) is 42.0 Å². The number of likely N-dealkylation sites (N-methyl/N-ethyl adjacent to an activating group) is 2. The number of ether oxygens (including phenoxy) is 2. The van der Waals surface area contributed by atoms with Gasteiger partial charge in [0.05, 0.1) is 28.2 Å². The van der Waals surface area contributed by atoms with E-state index in [4.69, 9.17) is 9.47 Å². The first-order valence-electron chi connectivity index (χ1n) is 15.6. The van der Waals surface area contributed by atoms with Crippen molar-refractivity contribution in [1.29, 1.82) is 0 Å². The van der Waals surface area contributed by atoms with Gasteiger partial charge in [-0.25, -0.2) is 0 Å². The molecular weight excluding hydrogens is 480 g/mol. The summed E-state index contributed by atoms with van der Waals surface area (Å²) in [6.07, 6.45) is 17.2. The molecule has 0 aliphatic carbocycles. The minimum atomic E-state index is -0.494. The van der Waals surface area contributed by atoms with Gasteiger partial charge in [0, 0.05) is 12.8 Å². The van der Waals surface area contributed by atoms with Gasteiger partial charge in [0.15, 0.2) is 6.10 Å². The molecular formula is C31H64N2O5+2. The highest BCUT2D eigenvalue weighted by Crippen LogP contribution is 2.11. The van der Waals surface area contributed by atoms with Crippen molar-refractivity contribution in [2.75, 3.05) is 67.6 Å². The molecule has 1 atom stereocenters. The van der Waals surface area contributed by atoms with Crippen molar-refractivity contribution in [3.8, 4) is 0 Å². The standard InChI is InChI=1S/C31H64N2O5/c1-7-9-11-13-14-15-16-18-20-22-31(36)38-26-24-33(5,6)28-29(34)27-32(3,4)23-25-37-30(35)21-19-17-12-10-8-2/h29,34H,7-28H2,1-6H3/q+2. The van der Waals surface area contributed by atoms with Gasteiger partial charge in [0.2, 0.25) is 0 Å². The molecule has 0 fully saturated rings. The van der Waals surface area contributed by atoms with Crippen LogP contribution >= 0.6 is 0 Å². The zero-order valence-electron chi connectivity index (χ0n) is 26.1. The van der Waals surface area contributed by atoms with Crippen LogP contribution in [0.3, 0.4) is 0 Å². The van der Waals surface area contributed by atoms with E-state index in [1.165, 1.54) is 64.2 Å². The van der Waals surface area contributed by atoms with Crippen LogP contribution in [0, 0.1) is 0 Å². The number of nitrogens with zero attached hydrogens (tertiary/aromatic N) is 2. The topological polar surface area (TPSA) is 72.8 Å². The number of aliphatic hydroxyl groups excluding tert-OH is 1. The van der Waals surface area contributed by atoms with Crippen LogP contribution in [-0.4, -0.2) is 99.7 Å². The summed E-state index contributed by atoms with van der Waals surface area (Å²) in [5.41, 5.74) is 0. The molecule has 38 heavy (non-hydrogen) atoms. The quantitative estimate of drug-likeness (QED) is 0.0838. The predicted molar refractivity (Wildman–Crippen MR) is 157 cm³/mol. The summed E-state index contributed by atoms with van der Waals surface area (Å²) in [6, 6.07) is 0. The monoisotopic (exact) mass is 544 g/mol.